The Kier molecular flexibility index (Phi) is 20.9. The van der Waals surface area contributed by atoms with E-state index in [4.69, 9.17) is 20.5 Å². The molecule has 0 radical (unpaired) electrons. The highest BCUT2D eigenvalue weighted by Gasteiger charge is 2.70. The SMILES string of the molecule is CCCOP(=O)(OCCC)C(CCC)(N(CCC)C(P(=O)(O)O)P(=O)(O)O)P(=O)(O)O.NCCCCCCN. The summed E-state index contributed by atoms with van der Waals surface area (Å²) in [7, 11) is -22.0. The predicted octanol–water partition coefficient (Wildman–Crippen LogP) is 3.48. The minimum Gasteiger partial charge on any atom is -0.330 e. The average Bonchev–Trinajstić information content (AvgIpc) is 2.80. The smallest absolute Gasteiger partial charge is 0.330 e. The molecule has 238 valence electrons. The molecule has 15 nitrogen and oxygen atoms in total. The monoisotopic (exact) mass is 649 g/mol. The second-order valence-corrected chi connectivity index (χ2v) is 17.1. The Morgan fingerprint density at radius 1 is 0.692 bits per heavy atom. The molecule has 1 unspecified atom stereocenters. The minimum atomic E-state index is -5.71. The van der Waals surface area contributed by atoms with E-state index in [2.05, 4.69) is 0 Å². The third-order valence-corrected chi connectivity index (χ3v) is 14.3. The summed E-state index contributed by atoms with van der Waals surface area (Å²) >= 11 is 0. The van der Waals surface area contributed by atoms with Gasteiger partial charge in [0.1, 0.15) is 0 Å². The van der Waals surface area contributed by atoms with Gasteiger partial charge in [-0.3, -0.25) is 23.2 Å². The van der Waals surface area contributed by atoms with Gasteiger partial charge in [-0.25, -0.2) is 0 Å². The van der Waals surface area contributed by atoms with Gasteiger partial charge in [-0.15, -0.1) is 0 Å². The first-order valence-electron chi connectivity index (χ1n) is 13.1. The number of nitrogens with zero attached hydrogens (tertiary/aromatic N) is 1. The zero-order chi connectivity index (χ0) is 31.0. The first kappa shape index (κ1) is 41.6. The van der Waals surface area contributed by atoms with Gasteiger partial charge in [-0.1, -0.05) is 47.0 Å². The molecule has 0 heterocycles. The van der Waals surface area contributed by atoms with Crippen molar-refractivity contribution in [2.75, 3.05) is 32.8 Å². The molecule has 0 spiro atoms. The molecule has 0 aliphatic carbocycles. The quantitative estimate of drug-likeness (QED) is 0.0653. The van der Waals surface area contributed by atoms with Gasteiger partial charge in [-0.05, 0) is 51.6 Å². The van der Waals surface area contributed by atoms with Crippen molar-refractivity contribution in [3.05, 3.63) is 0 Å². The van der Waals surface area contributed by atoms with Crippen molar-refractivity contribution in [2.24, 2.45) is 11.5 Å². The minimum absolute atomic E-state index is 0.0382. The maximum Gasteiger partial charge on any atom is 0.363 e. The fourth-order valence-corrected chi connectivity index (χ4v) is 12.2. The van der Waals surface area contributed by atoms with Crippen LogP contribution in [0, 0.1) is 0 Å². The molecule has 0 bridgehead atoms. The van der Waals surface area contributed by atoms with Crippen molar-refractivity contribution < 1.29 is 56.7 Å². The van der Waals surface area contributed by atoms with E-state index >= 15 is 0 Å². The van der Waals surface area contributed by atoms with E-state index < -0.39 is 53.9 Å². The molecule has 0 aromatic heterocycles. The molecular weight excluding hydrogens is 598 g/mol. The lowest BCUT2D eigenvalue weighted by Crippen LogP contribution is -2.54. The topological polar surface area (TPSA) is 263 Å². The van der Waals surface area contributed by atoms with E-state index in [0.29, 0.717) is 0 Å². The second-order valence-electron chi connectivity index (χ2n) is 8.94. The molecule has 0 aromatic carbocycles. The molecule has 0 aliphatic rings. The first-order chi connectivity index (χ1) is 17.9. The maximum atomic E-state index is 14.0. The largest absolute Gasteiger partial charge is 0.363 e. The second kappa shape index (κ2) is 19.6. The Morgan fingerprint density at radius 2 is 1.10 bits per heavy atom. The summed E-state index contributed by atoms with van der Waals surface area (Å²) in [6.45, 7) is 6.66. The van der Waals surface area contributed by atoms with E-state index in [1.165, 1.54) is 26.7 Å². The zero-order valence-corrected chi connectivity index (χ0v) is 27.1. The molecule has 0 saturated carbocycles. The third kappa shape index (κ3) is 13.1. The van der Waals surface area contributed by atoms with Crippen molar-refractivity contribution in [1.29, 1.82) is 0 Å². The molecule has 39 heavy (non-hydrogen) atoms. The molecule has 0 saturated heterocycles. The van der Waals surface area contributed by atoms with Gasteiger partial charge >= 0.3 is 30.4 Å². The molecule has 0 fully saturated rings. The van der Waals surface area contributed by atoms with Gasteiger partial charge in [0.2, 0.25) is 10.5 Å². The van der Waals surface area contributed by atoms with Crippen LogP contribution in [0.3, 0.4) is 0 Å². The molecule has 0 amide bonds. The summed E-state index contributed by atoms with van der Waals surface area (Å²) in [5.74, 6) is 0. The highest BCUT2D eigenvalue weighted by Crippen LogP contribution is 2.79. The molecule has 19 heteroatoms. The highest BCUT2D eigenvalue weighted by atomic mass is 31.2. The first-order valence-corrected chi connectivity index (χ1v) is 19.7. The third-order valence-electron chi connectivity index (χ3n) is 5.38. The van der Waals surface area contributed by atoms with Crippen molar-refractivity contribution in [2.45, 2.75) is 96.0 Å². The number of hydrogen-bond donors (Lipinski definition) is 8. The number of hydrogen-bond acceptors (Lipinski definition) is 9. The number of nitrogens with two attached hydrogens (primary N) is 2. The predicted molar refractivity (Wildman–Crippen MR) is 151 cm³/mol. The van der Waals surface area contributed by atoms with Crippen LogP contribution < -0.4 is 11.5 Å². The summed E-state index contributed by atoms with van der Waals surface area (Å²) in [5.41, 5.74) is 7.60. The van der Waals surface area contributed by atoms with Crippen LogP contribution in [-0.2, 0) is 27.3 Å². The van der Waals surface area contributed by atoms with E-state index in [1.54, 1.807) is 13.8 Å². The van der Waals surface area contributed by atoms with Gasteiger partial charge in [0.15, 0.2) is 0 Å². The molecule has 0 rings (SSSR count). The van der Waals surface area contributed by atoms with Crippen molar-refractivity contribution in [3.8, 4) is 0 Å². The van der Waals surface area contributed by atoms with Gasteiger partial charge in [0.25, 0.3) is 0 Å². The maximum absolute atomic E-state index is 14.0. The van der Waals surface area contributed by atoms with Crippen LogP contribution in [0.4, 0.5) is 0 Å². The Balaban J connectivity index is 0. The van der Waals surface area contributed by atoms with E-state index in [0.717, 1.165) is 25.9 Å². The summed E-state index contributed by atoms with van der Waals surface area (Å²) in [4.78, 5) is 60.2. The fourth-order valence-electron chi connectivity index (χ4n) is 3.83. The number of unbranched alkanes of at least 4 members (excludes halogenated alkanes) is 3. The summed E-state index contributed by atoms with van der Waals surface area (Å²) in [6.07, 6.45) is 4.53. The van der Waals surface area contributed by atoms with Crippen LogP contribution in [0.2, 0.25) is 0 Å². The van der Waals surface area contributed by atoms with Crippen molar-refractivity contribution >= 4 is 30.4 Å². The van der Waals surface area contributed by atoms with Crippen LogP contribution in [-0.4, -0.2) is 77.7 Å². The van der Waals surface area contributed by atoms with E-state index in [9.17, 15) is 47.6 Å². The Labute approximate surface area is 232 Å². The molecule has 1 atom stereocenters. The van der Waals surface area contributed by atoms with Gasteiger partial charge in [0, 0.05) is 6.54 Å². The lowest BCUT2D eigenvalue weighted by atomic mass is 10.2. The van der Waals surface area contributed by atoms with Crippen LogP contribution in [0.5, 0.6) is 0 Å². The zero-order valence-electron chi connectivity index (χ0n) is 23.5. The van der Waals surface area contributed by atoms with E-state index in [1.807, 2.05) is 0 Å². The van der Waals surface area contributed by atoms with Gasteiger partial charge < -0.3 is 49.9 Å². The molecular formula is C20H51N3O12P4. The summed E-state index contributed by atoms with van der Waals surface area (Å²) in [5, 5.41) is -3.03. The van der Waals surface area contributed by atoms with Crippen LogP contribution in [0.25, 0.3) is 0 Å². The van der Waals surface area contributed by atoms with Crippen LogP contribution >= 0.6 is 30.4 Å². The molecule has 10 N–H and O–H groups in total. The lowest BCUT2D eigenvalue weighted by Gasteiger charge is -2.49. The number of rotatable bonds is 21. The standard InChI is InChI=1S/C14H35NO12P4.C6H16N2/c1-5-9-14(30(22,23)24,31(25,26-11-7-3)27-12-8-4)15(10-6-2)13(28(16,17)18)29(19,20)21;7-5-3-1-2-4-6-8/h13H,5-12H2,1-4H3,(H2,16,17,18)(H2,19,20,21)(H2,22,23,24);1-8H2. The summed E-state index contributed by atoms with van der Waals surface area (Å²) in [6, 6.07) is 0. The van der Waals surface area contributed by atoms with Crippen molar-refractivity contribution in [1.82, 2.24) is 4.90 Å². The normalized spacial score (nSPS) is 14.8. The van der Waals surface area contributed by atoms with Crippen molar-refractivity contribution in [3.63, 3.8) is 0 Å². The lowest BCUT2D eigenvalue weighted by molar-refractivity contribution is 0.107. The molecule has 0 aliphatic heterocycles. The Hall–Kier alpha value is 0.480. The van der Waals surface area contributed by atoms with Gasteiger partial charge in [0.05, 0.1) is 13.2 Å². The van der Waals surface area contributed by atoms with Crippen LogP contribution in [0.1, 0.15) is 85.5 Å². The highest BCUT2D eigenvalue weighted by molar-refractivity contribution is 7.74. The Bertz CT molecular complexity index is 810. The fraction of sp³-hybridized carbons (Fsp3) is 1.00. The van der Waals surface area contributed by atoms with E-state index in [-0.39, 0.29) is 43.8 Å². The summed E-state index contributed by atoms with van der Waals surface area (Å²) < 4.78 is 61.9. The molecule has 0 aromatic rings. The Morgan fingerprint density at radius 3 is 1.36 bits per heavy atom. The van der Waals surface area contributed by atoms with Gasteiger partial charge in [-0.2, -0.15) is 0 Å². The van der Waals surface area contributed by atoms with Crippen LogP contribution in [0.15, 0.2) is 0 Å². The average molecular weight is 650 g/mol.